The minimum Gasteiger partial charge on any atom is -0.460 e. The summed E-state index contributed by atoms with van der Waals surface area (Å²) in [5, 5.41) is 16.5. The first-order chi connectivity index (χ1) is 12.6. The van der Waals surface area contributed by atoms with E-state index in [4.69, 9.17) is 4.42 Å². The van der Waals surface area contributed by atoms with E-state index in [0.717, 1.165) is 22.4 Å². The molecule has 1 aromatic carbocycles. The molecule has 0 unspecified atom stereocenters. The highest BCUT2D eigenvalue weighted by Gasteiger charge is 2.16. The van der Waals surface area contributed by atoms with Crippen molar-refractivity contribution >= 4 is 22.6 Å². The second-order valence-electron chi connectivity index (χ2n) is 5.90. The quantitative estimate of drug-likeness (QED) is 0.598. The Bertz CT molecular complexity index is 1070. The number of nitrogens with zero attached hydrogens (tertiary/aromatic N) is 5. The topological polar surface area (TPSA) is 90.8 Å². The number of para-hydroxylation sites is 1. The number of benzene rings is 1. The predicted molar refractivity (Wildman–Crippen MR) is 96.5 cm³/mol. The Hall–Kier alpha value is -3.42. The van der Waals surface area contributed by atoms with Gasteiger partial charge < -0.3 is 9.73 Å². The number of aromatic nitrogens is 5. The van der Waals surface area contributed by atoms with Crippen molar-refractivity contribution in [3.05, 3.63) is 48.4 Å². The van der Waals surface area contributed by atoms with Gasteiger partial charge in [0, 0.05) is 5.39 Å². The van der Waals surface area contributed by atoms with Gasteiger partial charge in [0.1, 0.15) is 18.0 Å². The van der Waals surface area contributed by atoms with Crippen LogP contribution < -0.4 is 5.32 Å². The van der Waals surface area contributed by atoms with Crippen LogP contribution in [-0.2, 0) is 17.9 Å². The second kappa shape index (κ2) is 6.47. The van der Waals surface area contributed by atoms with E-state index >= 15 is 0 Å². The molecule has 0 spiro atoms. The number of aryl methyl sites for hydroxylation is 2. The van der Waals surface area contributed by atoms with Crippen LogP contribution in [0.15, 0.2) is 47.0 Å². The second-order valence-corrected chi connectivity index (χ2v) is 5.90. The van der Waals surface area contributed by atoms with E-state index in [1.54, 1.807) is 4.68 Å². The van der Waals surface area contributed by atoms with Gasteiger partial charge in [-0.3, -0.25) is 9.48 Å². The molecule has 0 bridgehead atoms. The first kappa shape index (κ1) is 16.1. The molecule has 1 N–H and O–H groups in total. The Morgan fingerprint density at radius 1 is 1.19 bits per heavy atom. The van der Waals surface area contributed by atoms with E-state index in [1.165, 1.54) is 11.0 Å². The van der Waals surface area contributed by atoms with Crippen LogP contribution in [-0.4, -0.2) is 30.7 Å². The van der Waals surface area contributed by atoms with Gasteiger partial charge in [0.25, 0.3) is 0 Å². The highest BCUT2D eigenvalue weighted by Crippen LogP contribution is 2.29. The molecule has 0 saturated heterocycles. The molecule has 0 radical (unpaired) electrons. The lowest BCUT2D eigenvalue weighted by molar-refractivity contribution is -0.116. The average Bonchev–Trinajstić information content (AvgIpc) is 3.34. The smallest absolute Gasteiger partial charge is 0.247 e. The zero-order chi connectivity index (χ0) is 18.1. The first-order valence-electron chi connectivity index (χ1n) is 8.36. The Morgan fingerprint density at radius 2 is 2.04 bits per heavy atom. The monoisotopic (exact) mass is 350 g/mol. The van der Waals surface area contributed by atoms with E-state index in [0.29, 0.717) is 18.1 Å². The van der Waals surface area contributed by atoms with Crippen molar-refractivity contribution in [3.63, 3.8) is 0 Å². The number of carbonyl (C=O) groups is 1. The molecule has 0 fully saturated rings. The lowest BCUT2D eigenvalue weighted by atomic mass is 10.2. The summed E-state index contributed by atoms with van der Waals surface area (Å²) in [5.41, 5.74) is 1.59. The van der Waals surface area contributed by atoms with Gasteiger partial charge in [-0.05, 0) is 32.0 Å². The molecule has 0 aliphatic carbocycles. The zero-order valence-electron chi connectivity index (χ0n) is 14.5. The summed E-state index contributed by atoms with van der Waals surface area (Å²) in [5.74, 6) is 1.71. The maximum atomic E-state index is 12.4. The number of hydrogen-bond donors (Lipinski definition) is 1. The van der Waals surface area contributed by atoms with E-state index in [1.807, 2.05) is 50.2 Å². The van der Waals surface area contributed by atoms with Crippen molar-refractivity contribution in [1.29, 1.82) is 0 Å². The highest BCUT2D eigenvalue weighted by atomic mass is 16.3. The fourth-order valence-corrected chi connectivity index (χ4v) is 2.82. The normalized spacial score (nSPS) is 11.2. The fourth-order valence-electron chi connectivity index (χ4n) is 2.82. The largest absolute Gasteiger partial charge is 0.460 e. The summed E-state index contributed by atoms with van der Waals surface area (Å²) in [7, 11) is 0. The molecular weight excluding hydrogens is 332 g/mol. The number of hydrogen-bond acceptors (Lipinski definition) is 5. The van der Waals surface area contributed by atoms with Crippen molar-refractivity contribution in [2.24, 2.45) is 0 Å². The minimum atomic E-state index is -0.219. The van der Waals surface area contributed by atoms with Crippen LogP contribution >= 0.6 is 0 Å². The zero-order valence-corrected chi connectivity index (χ0v) is 14.5. The van der Waals surface area contributed by atoms with Gasteiger partial charge in [-0.15, -0.1) is 5.10 Å². The molecule has 1 amide bonds. The Kier molecular flexibility index (Phi) is 4.00. The molecule has 8 nitrogen and oxygen atoms in total. The van der Waals surface area contributed by atoms with Crippen molar-refractivity contribution < 1.29 is 9.21 Å². The molecule has 0 aliphatic rings. The SMILES string of the molecule is CCn1ncc(NC(=O)Cn2nc(-c3ccc(C)o3)c3ccccc32)n1. The molecule has 3 aromatic heterocycles. The Balaban J connectivity index is 1.63. The Labute approximate surface area is 149 Å². The first-order valence-corrected chi connectivity index (χ1v) is 8.36. The molecule has 3 heterocycles. The van der Waals surface area contributed by atoms with Crippen LogP contribution in [0.3, 0.4) is 0 Å². The summed E-state index contributed by atoms with van der Waals surface area (Å²) < 4.78 is 7.38. The van der Waals surface area contributed by atoms with Crippen LogP contribution in [0.2, 0.25) is 0 Å². The van der Waals surface area contributed by atoms with Crippen LogP contribution in [0.25, 0.3) is 22.4 Å². The standard InChI is InChI=1S/C18H18N6O2/c1-3-24-19-10-16(21-24)20-17(25)11-23-14-7-5-4-6-13(14)18(22-23)15-9-8-12(2)26-15/h4-10H,3,11H2,1-2H3,(H,20,21,25). The van der Waals surface area contributed by atoms with Gasteiger partial charge in [0.05, 0.1) is 18.3 Å². The highest BCUT2D eigenvalue weighted by molar-refractivity contribution is 5.94. The van der Waals surface area contributed by atoms with Gasteiger partial charge in [-0.25, -0.2) is 0 Å². The van der Waals surface area contributed by atoms with Crippen LogP contribution in [0, 0.1) is 6.92 Å². The molecule has 0 atom stereocenters. The number of anilines is 1. The lowest BCUT2D eigenvalue weighted by Crippen LogP contribution is -2.20. The van der Waals surface area contributed by atoms with Crippen molar-refractivity contribution in [2.45, 2.75) is 26.9 Å². The average molecular weight is 350 g/mol. The van der Waals surface area contributed by atoms with Gasteiger partial charge in [-0.1, -0.05) is 18.2 Å². The van der Waals surface area contributed by atoms with E-state index in [9.17, 15) is 4.79 Å². The van der Waals surface area contributed by atoms with Gasteiger partial charge in [-0.2, -0.15) is 15.0 Å². The molecule has 4 aromatic rings. The summed E-state index contributed by atoms with van der Waals surface area (Å²) in [4.78, 5) is 13.9. The molecule has 4 rings (SSSR count). The molecule has 0 aliphatic heterocycles. The minimum absolute atomic E-state index is 0.0686. The predicted octanol–water partition coefficient (Wildman–Crippen LogP) is 2.85. The van der Waals surface area contributed by atoms with E-state index < -0.39 is 0 Å². The van der Waals surface area contributed by atoms with Crippen molar-refractivity contribution in [1.82, 2.24) is 24.8 Å². The third-order valence-corrected chi connectivity index (χ3v) is 4.01. The third-order valence-electron chi connectivity index (χ3n) is 4.01. The molecule has 8 heteroatoms. The van der Waals surface area contributed by atoms with Crippen LogP contribution in [0.4, 0.5) is 5.82 Å². The molecule has 26 heavy (non-hydrogen) atoms. The van der Waals surface area contributed by atoms with Crippen LogP contribution in [0.1, 0.15) is 12.7 Å². The number of furan rings is 1. The molecule has 0 saturated carbocycles. The number of rotatable bonds is 5. The fraction of sp³-hybridized carbons (Fsp3) is 0.222. The molecular formula is C18H18N6O2. The number of fused-ring (bicyclic) bond motifs is 1. The van der Waals surface area contributed by atoms with E-state index in [2.05, 4.69) is 20.6 Å². The van der Waals surface area contributed by atoms with Gasteiger partial charge in [0.2, 0.25) is 5.91 Å². The molecule has 132 valence electrons. The number of carbonyl (C=O) groups excluding carboxylic acids is 1. The summed E-state index contributed by atoms with van der Waals surface area (Å²) in [6, 6.07) is 11.5. The third kappa shape index (κ3) is 2.97. The summed E-state index contributed by atoms with van der Waals surface area (Å²) in [6.45, 7) is 4.53. The summed E-state index contributed by atoms with van der Waals surface area (Å²) in [6.07, 6.45) is 1.53. The maximum absolute atomic E-state index is 12.4. The number of amides is 1. The van der Waals surface area contributed by atoms with Crippen LogP contribution in [0.5, 0.6) is 0 Å². The van der Waals surface area contributed by atoms with E-state index in [-0.39, 0.29) is 12.5 Å². The van der Waals surface area contributed by atoms with Gasteiger partial charge >= 0.3 is 0 Å². The van der Waals surface area contributed by atoms with Crippen molar-refractivity contribution in [3.8, 4) is 11.5 Å². The van der Waals surface area contributed by atoms with Gasteiger partial charge in [0.15, 0.2) is 11.6 Å². The maximum Gasteiger partial charge on any atom is 0.247 e. The van der Waals surface area contributed by atoms with Crippen molar-refractivity contribution in [2.75, 3.05) is 5.32 Å². The Morgan fingerprint density at radius 3 is 2.77 bits per heavy atom. The summed E-state index contributed by atoms with van der Waals surface area (Å²) >= 11 is 0. The lowest BCUT2D eigenvalue weighted by Gasteiger charge is -2.03. The number of nitrogens with one attached hydrogen (secondary N) is 1.